The molecule has 0 saturated carbocycles. The number of carbonyl (C=O) groups excluding carboxylic acids is 1. The summed E-state index contributed by atoms with van der Waals surface area (Å²) in [5.41, 5.74) is 1.38. The van der Waals surface area contributed by atoms with Crippen molar-refractivity contribution in [1.29, 1.82) is 0 Å². The number of carbonyl (C=O) groups is 1. The number of ether oxygens (including phenoxy) is 1. The van der Waals surface area contributed by atoms with Crippen molar-refractivity contribution in [3.63, 3.8) is 0 Å². The van der Waals surface area contributed by atoms with E-state index in [0.29, 0.717) is 16.3 Å². The monoisotopic (exact) mass is 452 g/mol. The highest BCUT2D eigenvalue weighted by molar-refractivity contribution is 7.91. The van der Waals surface area contributed by atoms with E-state index in [9.17, 15) is 13.2 Å². The fourth-order valence-electron chi connectivity index (χ4n) is 2.29. The average molecular weight is 453 g/mol. The first-order valence-electron chi connectivity index (χ1n) is 8.44. The van der Waals surface area contributed by atoms with Crippen LogP contribution in [0.5, 0.6) is 5.75 Å². The number of nitrogens with zero attached hydrogens (tertiary/aromatic N) is 2. The maximum Gasteiger partial charge on any atom is 0.269 e. The second kappa shape index (κ2) is 9.31. The third-order valence-electron chi connectivity index (χ3n) is 3.63. The number of halogens is 1. The molecular formula is C18H17ClN4O4S2. The van der Waals surface area contributed by atoms with Crippen LogP contribution in [0.3, 0.4) is 0 Å². The molecule has 29 heavy (non-hydrogen) atoms. The molecule has 1 aromatic heterocycles. The lowest BCUT2D eigenvalue weighted by Gasteiger charge is -2.08. The number of rotatable bonds is 8. The highest BCUT2D eigenvalue weighted by atomic mass is 35.5. The van der Waals surface area contributed by atoms with Gasteiger partial charge in [0.1, 0.15) is 12.4 Å². The molecule has 1 heterocycles. The van der Waals surface area contributed by atoms with Gasteiger partial charge >= 0.3 is 0 Å². The zero-order valence-electron chi connectivity index (χ0n) is 15.3. The van der Waals surface area contributed by atoms with Gasteiger partial charge < -0.3 is 4.74 Å². The second-order valence-corrected chi connectivity index (χ2v) is 9.20. The van der Waals surface area contributed by atoms with Crippen molar-refractivity contribution in [2.45, 2.75) is 11.3 Å². The fourth-order valence-corrected chi connectivity index (χ4v) is 4.42. The minimum Gasteiger partial charge on any atom is -0.491 e. The van der Waals surface area contributed by atoms with E-state index in [0.717, 1.165) is 16.9 Å². The normalized spacial score (nSPS) is 11.2. The Morgan fingerprint density at radius 3 is 2.72 bits per heavy atom. The number of para-hydroxylation sites is 1. The third kappa shape index (κ3) is 5.73. The summed E-state index contributed by atoms with van der Waals surface area (Å²) >= 11 is 6.73. The van der Waals surface area contributed by atoms with Gasteiger partial charge in [0, 0.05) is 12.1 Å². The SMILES string of the molecule is Cc1cccc(C(=O)Nc2nnc(S(=O)(=O)NCCOc3ccccc3Cl)s2)c1. The number of hydrogen-bond acceptors (Lipinski definition) is 7. The lowest BCUT2D eigenvalue weighted by Crippen LogP contribution is -2.28. The van der Waals surface area contributed by atoms with Crippen molar-refractivity contribution in [2.24, 2.45) is 0 Å². The molecule has 2 N–H and O–H groups in total. The Morgan fingerprint density at radius 2 is 1.97 bits per heavy atom. The minimum atomic E-state index is -3.88. The molecule has 0 radical (unpaired) electrons. The van der Waals surface area contributed by atoms with E-state index in [2.05, 4.69) is 20.2 Å². The summed E-state index contributed by atoms with van der Waals surface area (Å²) in [5, 5.41) is 10.4. The van der Waals surface area contributed by atoms with Crippen molar-refractivity contribution in [3.8, 4) is 5.75 Å². The molecule has 0 unspecified atom stereocenters. The molecule has 0 fully saturated rings. The van der Waals surface area contributed by atoms with Gasteiger partial charge in [0.25, 0.3) is 15.9 Å². The number of aromatic nitrogens is 2. The first kappa shape index (κ1) is 21.2. The van der Waals surface area contributed by atoms with Gasteiger partial charge in [-0.1, -0.05) is 52.8 Å². The Balaban J connectivity index is 1.55. The molecule has 0 atom stereocenters. The molecule has 0 spiro atoms. The van der Waals surface area contributed by atoms with Crippen LogP contribution < -0.4 is 14.8 Å². The van der Waals surface area contributed by atoms with E-state index in [1.165, 1.54) is 0 Å². The fraction of sp³-hybridized carbons (Fsp3) is 0.167. The molecule has 11 heteroatoms. The summed E-state index contributed by atoms with van der Waals surface area (Å²) in [6.07, 6.45) is 0. The van der Waals surface area contributed by atoms with Gasteiger partial charge in [-0.2, -0.15) is 0 Å². The number of nitrogens with one attached hydrogen (secondary N) is 2. The van der Waals surface area contributed by atoms with Gasteiger partial charge in [-0.25, -0.2) is 13.1 Å². The van der Waals surface area contributed by atoms with Crippen LogP contribution in [0.1, 0.15) is 15.9 Å². The van der Waals surface area contributed by atoms with E-state index in [1.54, 1.807) is 42.5 Å². The van der Waals surface area contributed by atoms with E-state index >= 15 is 0 Å². The summed E-state index contributed by atoms with van der Waals surface area (Å²) in [6, 6.07) is 13.9. The van der Waals surface area contributed by atoms with Gasteiger partial charge in [-0.05, 0) is 31.2 Å². The van der Waals surface area contributed by atoms with Gasteiger partial charge in [0.05, 0.1) is 5.02 Å². The van der Waals surface area contributed by atoms with E-state index in [1.807, 2.05) is 13.0 Å². The van der Waals surface area contributed by atoms with E-state index in [4.69, 9.17) is 16.3 Å². The molecule has 0 aliphatic rings. The van der Waals surface area contributed by atoms with Crippen LogP contribution in [-0.4, -0.2) is 37.7 Å². The van der Waals surface area contributed by atoms with Crippen LogP contribution in [0.2, 0.25) is 5.02 Å². The Hall–Kier alpha value is -2.53. The molecule has 152 valence electrons. The molecule has 0 aliphatic carbocycles. The lowest BCUT2D eigenvalue weighted by atomic mass is 10.1. The molecule has 8 nitrogen and oxygen atoms in total. The number of aryl methyl sites for hydroxylation is 1. The summed E-state index contributed by atoms with van der Waals surface area (Å²) in [4.78, 5) is 12.2. The van der Waals surface area contributed by atoms with Crippen molar-refractivity contribution in [1.82, 2.24) is 14.9 Å². The molecule has 3 aromatic rings. The minimum absolute atomic E-state index is 0.0120. The Bertz CT molecular complexity index is 1120. The Morgan fingerprint density at radius 1 is 1.17 bits per heavy atom. The quantitative estimate of drug-likeness (QED) is 0.401. The zero-order valence-corrected chi connectivity index (χ0v) is 17.6. The highest BCUT2D eigenvalue weighted by Crippen LogP contribution is 2.23. The van der Waals surface area contributed by atoms with E-state index in [-0.39, 0.29) is 22.6 Å². The van der Waals surface area contributed by atoms with Crippen LogP contribution >= 0.6 is 22.9 Å². The van der Waals surface area contributed by atoms with Crippen LogP contribution in [0, 0.1) is 6.92 Å². The van der Waals surface area contributed by atoms with Crippen molar-refractivity contribution in [3.05, 3.63) is 64.7 Å². The first-order chi connectivity index (χ1) is 13.8. The standard InChI is InChI=1S/C18H17ClN4O4S2/c1-12-5-4-6-13(11-12)16(24)21-17-22-23-18(28-17)29(25,26)20-9-10-27-15-8-3-2-7-14(15)19/h2-8,11,20H,9-10H2,1H3,(H,21,22,24). The Kier molecular flexibility index (Phi) is 6.80. The number of anilines is 1. The van der Waals surface area contributed by atoms with Crippen molar-refractivity contribution < 1.29 is 17.9 Å². The molecule has 1 amide bonds. The van der Waals surface area contributed by atoms with Gasteiger partial charge in [-0.3, -0.25) is 10.1 Å². The van der Waals surface area contributed by atoms with Crippen molar-refractivity contribution >= 4 is 44.0 Å². The number of sulfonamides is 1. The topological polar surface area (TPSA) is 110 Å². The van der Waals surface area contributed by atoms with Gasteiger partial charge in [0.2, 0.25) is 9.47 Å². The lowest BCUT2D eigenvalue weighted by molar-refractivity contribution is 0.102. The predicted molar refractivity (Wildman–Crippen MR) is 111 cm³/mol. The first-order valence-corrected chi connectivity index (χ1v) is 11.1. The van der Waals surface area contributed by atoms with Gasteiger partial charge in [-0.15, -0.1) is 10.2 Å². The predicted octanol–water partition coefficient (Wildman–Crippen LogP) is 3.11. The number of amides is 1. The zero-order chi connectivity index (χ0) is 20.9. The summed E-state index contributed by atoms with van der Waals surface area (Å²) in [6.45, 7) is 1.96. The summed E-state index contributed by atoms with van der Waals surface area (Å²) in [5.74, 6) is 0.0697. The molecular weight excluding hydrogens is 436 g/mol. The van der Waals surface area contributed by atoms with Crippen LogP contribution in [0.15, 0.2) is 52.9 Å². The number of hydrogen-bond donors (Lipinski definition) is 2. The van der Waals surface area contributed by atoms with E-state index < -0.39 is 15.9 Å². The largest absolute Gasteiger partial charge is 0.491 e. The molecule has 0 aliphatic heterocycles. The number of benzene rings is 2. The molecule has 0 saturated heterocycles. The van der Waals surface area contributed by atoms with Crippen LogP contribution in [0.4, 0.5) is 5.13 Å². The third-order valence-corrected chi connectivity index (χ3v) is 6.60. The smallest absolute Gasteiger partial charge is 0.269 e. The molecule has 0 bridgehead atoms. The second-order valence-electron chi connectivity index (χ2n) is 5.87. The Labute approximate surface area is 176 Å². The summed E-state index contributed by atoms with van der Waals surface area (Å²) < 4.78 is 32.2. The molecule has 2 aromatic carbocycles. The average Bonchev–Trinajstić information content (AvgIpc) is 3.16. The van der Waals surface area contributed by atoms with Crippen LogP contribution in [0.25, 0.3) is 0 Å². The summed E-state index contributed by atoms with van der Waals surface area (Å²) in [7, 11) is -3.88. The van der Waals surface area contributed by atoms with Crippen molar-refractivity contribution in [2.75, 3.05) is 18.5 Å². The maximum atomic E-state index is 12.3. The maximum absolute atomic E-state index is 12.3. The highest BCUT2D eigenvalue weighted by Gasteiger charge is 2.21. The van der Waals surface area contributed by atoms with Gasteiger partial charge in [0.15, 0.2) is 0 Å². The molecule has 3 rings (SSSR count). The van der Waals surface area contributed by atoms with Crippen LogP contribution in [-0.2, 0) is 10.0 Å².